The van der Waals surface area contributed by atoms with E-state index in [1.54, 1.807) is 13.3 Å². The van der Waals surface area contributed by atoms with E-state index in [0.717, 1.165) is 11.1 Å². The first-order chi connectivity index (χ1) is 12.8. The number of methoxy groups -OCH3 is 2. The topological polar surface area (TPSA) is 77.1 Å². The van der Waals surface area contributed by atoms with Gasteiger partial charge >= 0.3 is 0 Å². The highest BCUT2D eigenvalue weighted by Gasteiger charge is 2.16. The van der Waals surface area contributed by atoms with Gasteiger partial charge in [0, 0.05) is 23.4 Å². The molecule has 0 saturated carbocycles. The summed E-state index contributed by atoms with van der Waals surface area (Å²) in [5.41, 5.74) is 2.66. The van der Waals surface area contributed by atoms with Crippen LogP contribution in [0.25, 0.3) is 11.0 Å². The van der Waals surface area contributed by atoms with Crippen molar-refractivity contribution in [3.63, 3.8) is 0 Å². The minimum absolute atomic E-state index is 0.0192. The van der Waals surface area contributed by atoms with E-state index in [9.17, 15) is 4.21 Å². The number of imidazole rings is 1. The van der Waals surface area contributed by atoms with Crippen molar-refractivity contribution in [2.75, 3.05) is 14.2 Å². The maximum atomic E-state index is 12.8. The van der Waals surface area contributed by atoms with Gasteiger partial charge in [-0.25, -0.2) is 4.98 Å². The Bertz CT molecular complexity index is 1070. The third kappa shape index (κ3) is 2.99. The lowest BCUT2D eigenvalue weighted by atomic mass is 10.1. The Hall–Kier alpha value is -2.41. The number of aryl methyl sites for hydroxylation is 1. The quantitative estimate of drug-likeness (QED) is 0.767. The fourth-order valence-corrected chi connectivity index (χ4v) is 3.50. The molecule has 0 aliphatic rings. The van der Waals surface area contributed by atoms with Crippen LogP contribution in [-0.2, 0) is 16.6 Å². The fourth-order valence-electron chi connectivity index (χ4n) is 2.41. The van der Waals surface area contributed by atoms with Crippen LogP contribution in [0, 0.1) is 13.8 Å². The summed E-state index contributed by atoms with van der Waals surface area (Å²) in [5.74, 6) is 0.787. The van der Waals surface area contributed by atoms with E-state index in [4.69, 9.17) is 13.6 Å². The Kier molecular flexibility index (Phi) is 3.56. The van der Waals surface area contributed by atoms with Gasteiger partial charge in [-0.05, 0) is 25.9 Å². The number of aromatic amines is 1. The van der Waals surface area contributed by atoms with Gasteiger partial charge in [0.15, 0.2) is 5.16 Å². The number of hydrogen-bond donors (Lipinski definition) is 1. The average Bonchev–Trinajstić information content (AvgIpc) is 3.09. The minimum atomic E-state index is -1.58. The Morgan fingerprint density at radius 1 is 1.29 bits per heavy atom. The van der Waals surface area contributed by atoms with Gasteiger partial charge in [-0.2, -0.15) is 0 Å². The van der Waals surface area contributed by atoms with E-state index in [-0.39, 0.29) is 45.8 Å². The summed E-state index contributed by atoms with van der Waals surface area (Å²) in [6.07, 6.45) is 1.66. The van der Waals surface area contributed by atoms with Crippen molar-refractivity contribution in [2.24, 2.45) is 0 Å². The molecule has 1 N–H and O–H groups in total. The molecule has 0 saturated heterocycles. The molecule has 0 spiro atoms. The van der Waals surface area contributed by atoms with Crippen molar-refractivity contribution < 1.29 is 17.8 Å². The van der Waals surface area contributed by atoms with E-state index in [0.29, 0.717) is 11.4 Å². The Balaban J connectivity index is 2.03. The van der Waals surface area contributed by atoms with Crippen LogP contribution in [0.4, 0.5) is 0 Å². The molecule has 0 amide bonds. The van der Waals surface area contributed by atoms with Gasteiger partial charge < -0.3 is 14.5 Å². The summed E-state index contributed by atoms with van der Waals surface area (Å²) in [6.45, 7) is 3.74. The monoisotopic (exact) mass is 348 g/mol. The number of fused-ring (bicyclic) bond motifs is 1. The second kappa shape index (κ2) is 6.60. The van der Waals surface area contributed by atoms with E-state index in [2.05, 4.69) is 15.0 Å². The number of ether oxygens (including phenoxy) is 2. The summed E-state index contributed by atoms with van der Waals surface area (Å²) < 4.78 is 47.3. The van der Waals surface area contributed by atoms with Crippen molar-refractivity contribution in [1.29, 1.82) is 0 Å². The van der Waals surface area contributed by atoms with E-state index in [1.165, 1.54) is 7.11 Å². The molecule has 0 fully saturated rings. The van der Waals surface area contributed by atoms with Gasteiger partial charge in [0.1, 0.15) is 11.5 Å². The molecule has 0 bridgehead atoms. The SMILES string of the molecule is [2H]c1c(OC)c([2H])c2[nH]c([S@@](=O)Cc3ncc(C)c(OC)c3C)nc2c1[2H]. The molecule has 7 heteroatoms. The first kappa shape index (κ1) is 12.9. The number of aromatic nitrogens is 3. The van der Waals surface area contributed by atoms with Gasteiger partial charge in [-0.15, -0.1) is 0 Å². The van der Waals surface area contributed by atoms with Crippen LogP contribution in [0.15, 0.2) is 29.5 Å². The van der Waals surface area contributed by atoms with Crippen molar-refractivity contribution in [3.05, 3.63) is 41.1 Å². The molecule has 1 atom stereocenters. The number of rotatable bonds is 5. The lowest BCUT2D eigenvalue weighted by molar-refractivity contribution is 0.407. The second-order valence-corrected chi connectivity index (χ2v) is 6.58. The maximum absolute atomic E-state index is 12.8. The van der Waals surface area contributed by atoms with E-state index >= 15 is 0 Å². The number of H-pyrrole nitrogens is 1. The molecule has 1 aromatic carbocycles. The van der Waals surface area contributed by atoms with Gasteiger partial charge in [0.25, 0.3) is 0 Å². The third-order valence-electron chi connectivity index (χ3n) is 3.65. The Morgan fingerprint density at radius 3 is 2.79 bits per heavy atom. The molecule has 3 rings (SSSR count). The summed E-state index contributed by atoms with van der Waals surface area (Å²) in [4.78, 5) is 11.4. The Labute approximate surface area is 146 Å². The lowest BCUT2D eigenvalue weighted by Crippen LogP contribution is -2.05. The third-order valence-corrected chi connectivity index (χ3v) is 4.81. The maximum Gasteiger partial charge on any atom is 0.197 e. The predicted octanol–water partition coefficient (Wildman–Crippen LogP) is 2.90. The van der Waals surface area contributed by atoms with Crippen LogP contribution in [0.1, 0.15) is 20.9 Å². The molecule has 6 nitrogen and oxygen atoms in total. The van der Waals surface area contributed by atoms with Crippen LogP contribution < -0.4 is 9.47 Å². The zero-order chi connectivity index (χ0) is 19.9. The normalized spacial score (nSPS) is 14.1. The van der Waals surface area contributed by atoms with E-state index in [1.807, 2.05) is 13.8 Å². The standard InChI is InChI=1S/C17H19N3O3S/c1-10-8-18-15(11(2)16(10)23-4)9-24(21)17-19-13-6-5-12(22-3)7-14(13)20-17/h5-8H,9H2,1-4H3,(H,19,20)/t24-/m0/s1/i5D,6D,7D. The number of pyridine rings is 1. The number of benzene rings is 1. The minimum Gasteiger partial charge on any atom is -0.497 e. The summed E-state index contributed by atoms with van der Waals surface area (Å²) in [7, 11) is 1.34. The average molecular weight is 348 g/mol. The number of hydrogen-bond acceptors (Lipinski definition) is 5. The molecule has 0 radical (unpaired) electrons. The zero-order valence-electron chi connectivity index (χ0n) is 16.8. The largest absolute Gasteiger partial charge is 0.497 e. The smallest absolute Gasteiger partial charge is 0.197 e. The van der Waals surface area contributed by atoms with Crippen LogP contribution in [0.3, 0.4) is 0 Å². The second-order valence-electron chi connectivity index (χ2n) is 5.21. The molecule has 3 aromatic rings. The summed E-state index contributed by atoms with van der Waals surface area (Å²) in [6, 6.07) is -0.487. The van der Waals surface area contributed by atoms with Crippen molar-refractivity contribution >= 4 is 21.8 Å². The van der Waals surface area contributed by atoms with Crippen molar-refractivity contribution in [2.45, 2.75) is 24.8 Å². The van der Waals surface area contributed by atoms with Crippen LogP contribution in [0.5, 0.6) is 11.5 Å². The molecule has 0 aliphatic carbocycles. The molecule has 0 unspecified atom stereocenters. The molecule has 2 heterocycles. The molecular weight excluding hydrogens is 326 g/mol. The first-order valence-electron chi connectivity index (χ1n) is 8.71. The lowest BCUT2D eigenvalue weighted by Gasteiger charge is -2.11. The van der Waals surface area contributed by atoms with Crippen LogP contribution >= 0.6 is 0 Å². The molecule has 2 aromatic heterocycles. The fraction of sp³-hybridized carbons (Fsp3) is 0.294. The summed E-state index contributed by atoms with van der Waals surface area (Å²) in [5, 5.41) is 0.125. The van der Waals surface area contributed by atoms with Crippen molar-refractivity contribution in [1.82, 2.24) is 15.0 Å². The van der Waals surface area contributed by atoms with Crippen LogP contribution in [0.2, 0.25) is 0 Å². The number of nitrogens with zero attached hydrogens (tertiary/aromatic N) is 2. The molecular formula is C17H19N3O3S. The van der Waals surface area contributed by atoms with Gasteiger partial charge in [0.2, 0.25) is 0 Å². The molecule has 126 valence electrons. The molecule has 24 heavy (non-hydrogen) atoms. The van der Waals surface area contributed by atoms with Crippen molar-refractivity contribution in [3.8, 4) is 11.5 Å². The highest BCUT2D eigenvalue weighted by atomic mass is 32.2. The Morgan fingerprint density at radius 2 is 2.08 bits per heavy atom. The van der Waals surface area contributed by atoms with Gasteiger partial charge in [-0.3, -0.25) is 9.19 Å². The summed E-state index contributed by atoms with van der Waals surface area (Å²) >= 11 is 0. The van der Waals surface area contributed by atoms with Gasteiger partial charge in [-0.1, -0.05) is 0 Å². The predicted molar refractivity (Wildman–Crippen MR) is 93.0 cm³/mol. The zero-order valence-corrected chi connectivity index (χ0v) is 14.6. The molecule has 0 aliphatic heterocycles. The first-order valence-corrected chi connectivity index (χ1v) is 8.52. The highest BCUT2D eigenvalue weighted by molar-refractivity contribution is 7.84. The van der Waals surface area contributed by atoms with Crippen LogP contribution in [-0.4, -0.2) is 33.4 Å². The number of nitrogens with one attached hydrogen (secondary N) is 1. The van der Waals surface area contributed by atoms with E-state index < -0.39 is 10.8 Å². The highest BCUT2D eigenvalue weighted by Crippen LogP contribution is 2.26. The van der Waals surface area contributed by atoms with Gasteiger partial charge in [0.05, 0.1) is 51.6 Å².